The Balaban J connectivity index is 1.03. The minimum Gasteiger partial charge on any atom is -0.397 e. The largest absolute Gasteiger partial charge is 0.418 e. The number of piperazine rings is 1. The number of piperidine rings is 4. The number of amides is 5. The lowest BCUT2D eigenvalue weighted by Crippen LogP contribution is -2.63. The number of nitrogens with zero attached hydrogens (tertiary/aromatic N) is 5. The predicted molar refractivity (Wildman–Crippen MR) is 181 cm³/mol. The Labute approximate surface area is 292 Å². The Morgan fingerprint density at radius 3 is 2.37 bits per heavy atom. The number of hydrogen-bond acceptors (Lipinski definition) is 7. The zero-order valence-corrected chi connectivity index (χ0v) is 28.8. The van der Waals surface area contributed by atoms with Crippen molar-refractivity contribution in [2.75, 3.05) is 70.0 Å². The van der Waals surface area contributed by atoms with Crippen molar-refractivity contribution < 1.29 is 27.6 Å². The molecule has 49 heavy (non-hydrogen) atoms. The molecule has 0 spiro atoms. The molecule has 5 fully saturated rings. The topological polar surface area (TPSA) is 117 Å². The number of urea groups is 2. The van der Waals surface area contributed by atoms with Crippen LogP contribution in [0.2, 0.25) is 5.02 Å². The number of fused-ring (bicyclic) bond motifs is 4. The van der Waals surface area contributed by atoms with E-state index in [9.17, 15) is 27.6 Å². The molecule has 8 rings (SSSR count). The summed E-state index contributed by atoms with van der Waals surface area (Å²) in [5.41, 5.74) is 6.08. The highest BCUT2D eigenvalue weighted by Crippen LogP contribution is 2.38. The van der Waals surface area contributed by atoms with Crippen LogP contribution in [-0.2, 0) is 23.9 Å². The molecule has 2 aromatic rings. The highest BCUT2D eigenvalue weighted by molar-refractivity contribution is 7.08. The lowest BCUT2D eigenvalue weighted by atomic mass is 9.83. The maximum Gasteiger partial charge on any atom is 0.418 e. The molecule has 0 radical (unpaired) electrons. The van der Waals surface area contributed by atoms with Gasteiger partial charge in [0.1, 0.15) is 6.04 Å². The van der Waals surface area contributed by atoms with E-state index < -0.39 is 29.5 Å². The van der Waals surface area contributed by atoms with Crippen molar-refractivity contribution in [1.82, 2.24) is 29.8 Å². The standard InChI is InChI=1S/C33H42ClF3N8O3S/c34-25-14-20(13-24(29(25)38)33(35,36)37)15-26(30(46)43-11-9-42(10-12-43)28-17-41-5-1-21(28)2-6-41)39-31(47)44-7-3-23(4-8-44)45-16-22-18-49-19-27(22)40-32(45)48/h13-14,18-19,21,23,26,28H,1-12,15-17,38H2,(H,39,47)(H,40,48)/t26-,28?/m1/s1. The fourth-order valence-electron chi connectivity index (χ4n) is 8.22. The van der Waals surface area contributed by atoms with Crippen molar-refractivity contribution in [3.05, 3.63) is 44.6 Å². The smallest absolute Gasteiger partial charge is 0.397 e. The van der Waals surface area contributed by atoms with Crippen molar-refractivity contribution in [3.8, 4) is 0 Å². The van der Waals surface area contributed by atoms with Crippen molar-refractivity contribution >= 4 is 52.3 Å². The number of anilines is 2. The third kappa shape index (κ3) is 7.17. The van der Waals surface area contributed by atoms with Crippen molar-refractivity contribution in [2.45, 2.75) is 63.0 Å². The predicted octanol–water partition coefficient (Wildman–Crippen LogP) is 4.37. The van der Waals surface area contributed by atoms with Crippen LogP contribution in [0.15, 0.2) is 22.9 Å². The molecule has 6 aliphatic rings. The van der Waals surface area contributed by atoms with E-state index in [1.54, 1.807) is 14.7 Å². The summed E-state index contributed by atoms with van der Waals surface area (Å²) in [5.74, 6) is 0.328. The molecule has 1 unspecified atom stereocenters. The normalized spacial score (nSPS) is 25.6. The Morgan fingerprint density at radius 2 is 1.71 bits per heavy atom. The molecule has 266 valence electrons. The molecule has 5 saturated heterocycles. The lowest BCUT2D eigenvalue weighted by Gasteiger charge is -2.51. The summed E-state index contributed by atoms with van der Waals surface area (Å²) in [5, 5.41) is 9.47. The monoisotopic (exact) mass is 722 g/mol. The number of rotatable bonds is 6. The zero-order valence-electron chi connectivity index (χ0n) is 27.2. The van der Waals surface area contributed by atoms with E-state index in [2.05, 4.69) is 20.4 Å². The third-order valence-corrected chi connectivity index (χ3v) is 12.1. The molecule has 2 bridgehead atoms. The van der Waals surface area contributed by atoms with Gasteiger partial charge in [-0.15, -0.1) is 11.3 Å². The number of carbonyl (C=O) groups excluding carboxylic acids is 3. The van der Waals surface area contributed by atoms with Gasteiger partial charge in [-0.05, 0) is 67.8 Å². The van der Waals surface area contributed by atoms with Crippen LogP contribution in [0.25, 0.3) is 0 Å². The first-order valence-corrected chi connectivity index (χ1v) is 18.3. The van der Waals surface area contributed by atoms with Crippen LogP contribution >= 0.6 is 22.9 Å². The molecule has 6 aliphatic heterocycles. The fraction of sp³-hybridized carbons (Fsp3) is 0.606. The van der Waals surface area contributed by atoms with E-state index in [1.165, 1.54) is 30.2 Å². The van der Waals surface area contributed by atoms with E-state index in [1.807, 2.05) is 10.8 Å². The number of thiophene rings is 1. The average molecular weight is 723 g/mol. The molecule has 7 heterocycles. The number of nitrogen functional groups attached to an aromatic ring is 1. The quantitative estimate of drug-likeness (QED) is 0.382. The minimum absolute atomic E-state index is 0.0558. The summed E-state index contributed by atoms with van der Waals surface area (Å²) in [6.45, 7) is 6.93. The molecule has 16 heteroatoms. The number of nitrogens with two attached hydrogens (primary N) is 1. The number of alkyl halides is 3. The third-order valence-electron chi connectivity index (χ3n) is 11.0. The van der Waals surface area contributed by atoms with Gasteiger partial charge >= 0.3 is 18.2 Å². The van der Waals surface area contributed by atoms with Crippen LogP contribution in [0.3, 0.4) is 0 Å². The maximum absolute atomic E-state index is 14.1. The first-order chi connectivity index (χ1) is 23.4. The SMILES string of the molecule is Nc1c(Cl)cc(C[C@@H](NC(=O)N2CCC(N3Cc4cscc4NC3=O)CC2)C(=O)N2CCN(C3CN4CCC3CC4)CC2)cc1C(F)(F)F. The van der Waals surface area contributed by atoms with E-state index in [4.69, 9.17) is 17.3 Å². The van der Waals surface area contributed by atoms with Gasteiger partial charge in [0.2, 0.25) is 5.91 Å². The van der Waals surface area contributed by atoms with Gasteiger partial charge in [0.15, 0.2) is 0 Å². The van der Waals surface area contributed by atoms with Gasteiger partial charge in [0, 0.05) is 75.3 Å². The molecule has 11 nitrogen and oxygen atoms in total. The summed E-state index contributed by atoms with van der Waals surface area (Å²) >= 11 is 7.67. The van der Waals surface area contributed by atoms with Gasteiger partial charge in [-0.1, -0.05) is 11.6 Å². The molecule has 0 aliphatic carbocycles. The van der Waals surface area contributed by atoms with E-state index in [0.717, 1.165) is 37.0 Å². The second kappa shape index (κ2) is 13.8. The molecular formula is C33H42ClF3N8O3S. The Kier molecular flexibility index (Phi) is 9.63. The number of benzene rings is 1. The van der Waals surface area contributed by atoms with E-state index in [-0.39, 0.29) is 35.0 Å². The first-order valence-electron chi connectivity index (χ1n) is 17.0. The second-order valence-electron chi connectivity index (χ2n) is 13.9. The van der Waals surface area contributed by atoms with Gasteiger partial charge < -0.3 is 36.0 Å². The number of halogens is 4. The second-order valence-corrected chi connectivity index (χ2v) is 15.0. The first kappa shape index (κ1) is 34.2. The van der Waals surface area contributed by atoms with Gasteiger partial charge in [-0.25, -0.2) is 9.59 Å². The van der Waals surface area contributed by atoms with Crippen LogP contribution in [-0.4, -0.2) is 119 Å². The fourth-order valence-corrected chi connectivity index (χ4v) is 9.24. The zero-order chi connectivity index (χ0) is 34.4. The van der Waals surface area contributed by atoms with E-state index >= 15 is 0 Å². The Hall–Kier alpha value is -3.27. The maximum atomic E-state index is 14.1. The van der Waals surface area contributed by atoms with Gasteiger partial charge in [0.25, 0.3) is 0 Å². The van der Waals surface area contributed by atoms with Gasteiger partial charge in [-0.2, -0.15) is 13.2 Å². The molecule has 0 saturated carbocycles. The number of carbonyl (C=O) groups is 3. The lowest BCUT2D eigenvalue weighted by molar-refractivity contribution is -0.137. The molecule has 1 aromatic heterocycles. The average Bonchev–Trinajstić information content (AvgIpc) is 3.56. The molecule has 4 N–H and O–H groups in total. The Morgan fingerprint density at radius 1 is 1.00 bits per heavy atom. The van der Waals surface area contributed by atoms with Crippen LogP contribution in [0.4, 0.5) is 34.1 Å². The minimum atomic E-state index is -4.74. The van der Waals surface area contributed by atoms with Gasteiger partial charge in [-0.3, -0.25) is 9.69 Å². The Bertz CT molecular complexity index is 1570. The van der Waals surface area contributed by atoms with Crippen molar-refractivity contribution in [1.29, 1.82) is 0 Å². The summed E-state index contributed by atoms with van der Waals surface area (Å²) < 4.78 is 41.4. The van der Waals surface area contributed by atoms with Crippen LogP contribution < -0.4 is 16.4 Å². The van der Waals surface area contributed by atoms with Crippen LogP contribution in [0, 0.1) is 5.92 Å². The molecular weight excluding hydrogens is 681 g/mol. The summed E-state index contributed by atoms with van der Waals surface area (Å²) in [4.78, 5) is 50.6. The molecule has 1 aromatic carbocycles. The summed E-state index contributed by atoms with van der Waals surface area (Å²) in [7, 11) is 0. The highest BCUT2D eigenvalue weighted by atomic mass is 35.5. The molecule has 2 atom stereocenters. The van der Waals surface area contributed by atoms with Crippen molar-refractivity contribution in [2.24, 2.45) is 5.92 Å². The number of likely N-dealkylation sites (tertiary alicyclic amines) is 1. The highest BCUT2D eigenvalue weighted by Gasteiger charge is 2.40. The van der Waals surface area contributed by atoms with E-state index in [0.29, 0.717) is 70.6 Å². The van der Waals surface area contributed by atoms with Crippen LogP contribution in [0.1, 0.15) is 42.4 Å². The van der Waals surface area contributed by atoms with Crippen molar-refractivity contribution in [3.63, 3.8) is 0 Å². The van der Waals surface area contributed by atoms with Crippen LogP contribution in [0.5, 0.6) is 0 Å². The van der Waals surface area contributed by atoms with Gasteiger partial charge in [0.05, 0.1) is 28.5 Å². The number of hydrogen-bond donors (Lipinski definition) is 3. The summed E-state index contributed by atoms with van der Waals surface area (Å²) in [6, 6.07) is 0.917. The molecule has 5 amide bonds. The summed E-state index contributed by atoms with van der Waals surface area (Å²) in [6.07, 6.45) is -1.41. The number of nitrogens with one attached hydrogen (secondary N) is 2.